The van der Waals surface area contributed by atoms with Crippen molar-refractivity contribution >= 4 is 11.6 Å². The molecule has 0 saturated heterocycles. The van der Waals surface area contributed by atoms with Gasteiger partial charge in [0.1, 0.15) is 0 Å². The standard InChI is InChI=1S/C13H20ClN/c1-3-6-13(14)10-15-9-12-8-5-4-7-11(12)2/h4-5,7-8,13,15H,3,6,9-10H2,1-2H3. The zero-order chi connectivity index (χ0) is 11.1. The minimum atomic E-state index is 0.263. The number of rotatable bonds is 6. The molecule has 2 heteroatoms. The zero-order valence-corrected chi connectivity index (χ0v) is 10.3. The molecule has 15 heavy (non-hydrogen) atoms. The summed E-state index contributed by atoms with van der Waals surface area (Å²) in [6, 6.07) is 8.45. The number of hydrogen-bond donors (Lipinski definition) is 1. The van der Waals surface area contributed by atoms with Gasteiger partial charge < -0.3 is 5.32 Å². The van der Waals surface area contributed by atoms with Crippen molar-refractivity contribution in [2.75, 3.05) is 6.54 Å². The third kappa shape index (κ3) is 4.67. The van der Waals surface area contributed by atoms with Crippen molar-refractivity contribution < 1.29 is 0 Å². The molecule has 1 aromatic carbocycles. The molecule has 84 valence electrons. The molecular weight excluding hydrogens is 206 g/mol. The molecule has 0 saturated carbocycles. The highest BCUT2D eigenvalue weighted by molar-refractivity contribution is 6.20. The first-order valence-corrected chi connectivity index (χ1v) is 6.07. The smallest absolute Gasteiger partial charge is 0.0460 e. The van der Waals surface area contributed by atoms with Gasteiger partial charge in [0.15, 0.2) is 0 Å². The highest BCUT2D eigenvalue weighted by Crippen LogP contribution is 2.07. The Kier molecular flexibility index (Phi) is 5.74. The van der Waals surface area contributed by atoms with Gasteiger partial charge in [-0.3, -0.25) is 0 Å². The summed E-state index contributed by atoms with van der Waals surface area (Å²) in [5.41, 5.74) is 2.70. The van der Waals surface area contributed by atoms with Gasteiger partial charge in [-0.25, -0.2) is 0 Å². The molecule has 1 aromatic rings. The maximum absolute atomic E-state index is 6.12. The number of aryl methyl sites for hydroxylation is 1. The van der Waals surface area contributed by atoms with Crippen LogP contribution in [0, 0.1) is 6.92 Å². The third-order valence-electron chi connectivity index (χ3n) is 2.54. The van der Waals surface area contributed by atoms with E-state index in [1.54, 1.807) is 0 Å². The Morgan fingerprint density at radius 2 is 2.07 bits per heavy atom. The lowest BCUT2D eigenvalue weighted by molar-refractivity contribution is 0.622. The van der Waals surface area contributed by atoms with Crippen LogP contribution in [0.5, 0.6) is 0 Å². The van der Waals surface area contributed by atoms with E-state index in [1.165, 1.54) is 11.1 Å². The quantitative estimate of drug-likeness (QED) is 0.731. The second-order valence-corrected chi connectivity index (χ2v) is 4.56. The minimum absolute atomic E-state index is 0.263. The summed E-state index contributed by atoms with van der Waals surface area (Å²) < 4.78 is 0. The highest BCUT2D eigenvalue weighted by atomic mass is 35.5. The van der Waals surface area contributed by atoms with Gasteiger partial charge in [0.2, 0.25) is 0 Å². The van der Waals surface area contributed by atoms with E-state index < -0.39 is 0 Å². The third-order valence-corrected chi connectivity index (χ3v) is 2.92. The molecule has 0 fully saturated rings. The Hall–Kier alpha value is -0.530. The van der Waals surface area contributed by atoms with Crippen molar-refractivity contribution in [3.8, 4) is 0 Å². The first kappa shape index (κ1) is 12.5. The summed E-state index contributed by atoms with van der Waals surface area (Å²) in [5.74, 6) is 0. The van der Waals surface area contributed by atoms with E-state index in [2.05, 4.69) is 43.4 Å². The van der Waals surface area contributed by atoms with Gasteiger partial charge in [-0.15, -0.1) is 11.6 Å². The van der Waals surface area contributed by atoms with Crippen LogP contribution >= 0.6 is 11.6 Å². The van der Waals surface area contributed by atoms with E-state index in [1.807, 2.05) is 0 Å². The van der Waals surface area contributed by atoms with Gasteiger partial charge in [-0.05, 0) is 24.5 Å². The van der Waals surface area contributed by atoms with E-state index in [0.29, 0.717) is 0 Å². The van der Waals surface area contributed by atoms with E-state index in [0.717, 1.165) is 25.9 Å². The van der Waals surface area contributed by atoms with Crippen LogP contribution in [0.25, 0.3) is 0 Å². The molecular formula is C13H20ClN. The molecule has 1 rings (SSSR count). The van der Waals surface area contributed by atoms with Gasteiger partial charge in [0.25, 0.3) is 0 Å². The molecule has 0 aliphatic heterocycles. The normalized spacial score (nSPS) is 12.7. The molecule has 0 aromatic heterocycles. The fourth-order valence-corrected chi connectivity index (χ4v) is 1.91. The molecule has 0 heterocycles. The molecule has 1 N–H and O–H groups in total. The molecule has 1 nitrogen and oxygen atoms in total. The number of alkyl halides is 1. The van der Waals surface area contributed by atoms with Crippen LogP contribution in [0.15, 0.2) is 24.3 Å². The van der Waals surface area contributed by atoms with Gasteiger partial charge in [0, 0.05) is 18.5 Å². The van der Waals surface area contributed by atoms with Crippen molar-refractivity contribution in [2.24, 2.45) is 0 Å². The molecule has 0 spiro atoms. The molecule has 0 bridgehead atoms. The first-order valence-electron chi connectivity index (χ1n) is 5.63. The maximum atomic E-state index is 6.12. The number of hydrogen-bond acceptors (Lipinski definition) is 1. The highest BCUT2D eigenvalue weighted by Gasteiger charge is 2.02. The summed E-state index contributed by atoms with van der Waals surface area (Å²) >= 11 is 6.12. The van der Waals surface area contributed by atoms with Crippen LogP contribution in [-0.4, -0.2) is 11.9 Å². The Labute approximate surface area is 97.8 Å². The molecule has 1 unspecified atom stereocenters. The molecule has 0 radical (unpaired) electrons. The predicted octanol–water partition coefficient (Wildman–Crippen LogP) is 3.49. The van der Waals surface area contributed by atoms with E-state index in [-0.39, 0.29) is 5.38 Å². The van der Waals surface area contributed by atoms with E-state index >= 15 is 0 Å². The van der Waals surface area contributed by atoms with Crippen LogP contribution in [0.3, 0.4) is 0 Å². The summed E-state index contributed by atoms with van der Waals surface area (Å²) in [4.78, 5) is 0. The fraction of sp³-hybridized carbons (Fsp3) is 0.538. The van der Waals surface area contributed by atoms with Gasteiger partial charge in [-0.1, -0.05) is 37.6 Å². The molecule has 1 atom stereocenters. The van der Waals surface area contributed by atoms with Crippen LogP contribution in [0.1, 0.15) is 30.9 Å². The fourth-order valence-electron chi connectivity index (χ4n) is 1.59. The zero-order valence-electron chi connectivity index (χ0n) is 9.59. The summed E-state index contributed by atoms with van der Waals surface area (Å²) in [6.45, 7) is 6.11. The Bertz CT molecular complexity index is 286. The average Bonchev–Trinajstić information content (AvgIpc) is 2.21. The summed E-state index contributed by atoms with van der Waals surface area (Å²) in [5, 5.41) is 3.66. The van der Waals surface area contributed by atoms with Crippen molar-refractivity contribution in [2.45, 2.75) is 38.6 Å². The number of benzene rings is 1. The van der Waals surface area contributed by atoms with Crippen LogP contribution in [-0.2, 0) is 6.54 Å². The molecule has 0 amide bonds. The first-order chi connectivity index (χ1) is 7.24. The minimum Gasteiger partial charge on any atom is -0.311 e. The van der Waals surface area contributed by atoms with Crippen molar-refractivity contribution in [1.29, 1.82) is 0 Å². The van der Waals surface area contributed by atoms with Crippen LogP contribution < -0.4 is 5.32 Å². The Balaban J connectivity index is 2.29. The number of nitrogens with one attached hydrogen (secondary N) is 1. The largest absolute Gasteiger partial charge is 0.311 e. The van der Waals surface area contributed by atoms with E-state index in [9.17, 15) is 0 Å². The van der Waals surface area contributed by atoms with Gasteiger partial charge in [-0.2, -0.15) is 0 Å². The Morgan fingerprint density at radius 1 is 1.33 bits per heavy atom. The van der Waals surface area contributed by atoms with Crippen LogP contribution in [0.2, 0.25) is 0 Å². The lowest BCUT2D eigenvalue weighted by Crippen LogP contribution is -2.23. The predicted molar refractivity (Wildman–Crippen MR) is 67.4 cm³/mol. The van der Waals surface area contributed by atoms with Crippen molar-refractivity contribution in [3.63, 3.8) is 0 Å². The average molecular weight is 226 g/mol. The number of halogens is 1. The van der Waals surface area contributed by atoms with Crippen molar-refractivity contribution in [1.82, 2.24) is 5.32 Å². The SMILES string of the molecule is CCCC(Cl)CNCc1ccccc1C. The topological polar surface area (TPSA) is 12.0 Å². The summed E-state index contributed by atoms with van der Waals surface area (Å²) in [7, 11) is 0. The maximum Gasteiger partial charge on any atom is 0.0460 e. The monoisotopic (exact) mass is 225 g/mol. The second-order valence-electron chi connectivity index (χ2n) is 3.94. The second kappa shape index (κ2) is 6.86. The van der Waals surface area contributed by atoms with Crippen LogP contribution in [0.4, 0.5) is 0 Å². The lowest BCUT2D eigenvalue weighted by atomic mass is 10.1. The van der Waals surface area contributed by atoms with Gasteiger partial charge >= 0.3 is 0 Å². The summed E-state index contributed by atoms with van der Waals surface area (Å²) in [6.07, 6.45) is 2.24. The van der Waals surface area contributed by atoms with Gasteiger partial charge in [0.05, 0.1) is 0 Å². The van der Waals surface area contributed by atoms with E-state index in [4.69, 9.17) is 11.6 Å². The molecule has 0 aliphatic rings. The van der Waals surface area contributed by atoms with Crippen molar-refractivity contribution in [3.05, 3.63) is 35.4 Å². The molecule has 0 aliphatic carbocycles. The lowest BCUT2D eigenvalue weighted by Gasteiger charge is -2.10. The Morgan fingerprint density at radius 3 is 2.73 bits per heavy atom.